The largest absolute Gasteiger partial charge is 0.355 e. The molecular formula is C12H22N4S. The van der Waals surface area contributed by atoms with E-state index in [4.69, 9.17) is 5.41 Å². The van der Waals surface area contributed by atoms with Crippen molar-refractivity contribution in [3.8, 4) is 0 Å². The van der Waals surface area contributed by atoms with Crippen molar-refractivity contribution in [3.63, 3.8) is 0 Å². The quantitative estimate of drug-likeness (QED) is 0.649. The molecule has 1 N–H and O–H groups in total. The van der Waals surface area contributed by atoms with E-state index in [1.54, 1.807) is 0 Å². The molecule has 1 aromatic rings. The fraction of sp³-hybridized carbons (Fsp3) is 0.750. The maximum atomic E-state index is 8.29. The molecule has 0 saturated heterocycles. The second-order valence-corrected chi connectivity index (χ2v) is 5.98. The maximum Gasteiger partial charge on any atom is 0.141 e. The summed E-state index contributed by atoms with van der Waals surface area (Å²) in [4.78, 5) is 3.03. The minimum Gasteiger partial charge on any atom is -0.355 e. The summed E-state index contributed by atoms with van der Waals surface area (Å²) in [7, 11) is 0. The average molecular weight is 254 g/mol. The van der Waals surface area contributed by atoms with Gasteiger partial charge in [-0.2, -0.15) is 0 Å². The van der Waals surface area contributed by atoms with Gasteiger partial charge in [0.05, 0.1) is 5.69 Å². The van der Waals surface area contributed by atoms with Gasteiger partial charge in [0.2, 0.25) is 0 Å². The van der Waals surface area contributed by atoms with Gasteiger partial charge in [0.1, 0.15) is 10.7 Å². The van der Waals surface area contributed by atoms with Crippen LogP contribution in [0.15, 0.2) is 0 Å². The Morgan fingerprint density at radius 1 is 1.24 bits per heavy atom. The van der Waals surface area contributed by atoms with Crippen LogP contribution in [0.2, 0.25) is 0 Å². The van der Waals surface area contributed by atoms with E-state index >= 15 is 0 Å². The average Bonchev–Trinajstić information content (AvgIpc) is 2.61. The van der Waals surface area contributed by atoms with Crippen molar-refractivity contribution in [1.82, 2.24) is 14.5 Å². The monoisotopic (exact) mass is 254 g/mol. The molecule has 1 aromatic heterocycles. The molecule has 96 valence electrons. The fourth-order valence-corrected chi connectivity index (χ4v) is 2.36. The number of amidine groups is 1. The van der Waals surface area contributed by atoms with Gasteiger partial charge in [0, 0.05) is 13.1 Å². The first-order chi connectivity index (χ1) is 7.91. The lowest BCUT2D eigenvalue weighted by Crippen LogP contribution is -2.37. The highest BCUT2D eigenvalue weighted by atomic mass is 32.1. The summed E-state index contributed by atoms with van der Waals surface area (Å²) in [6.45, 7) is 12.5. The molecule has 1 rings (SSSR count). The van der Waals surface area contributed by atoms with Crippen LogP contribution in [-0.2, 0) is 0 Å². The molecule has 0 bridgehead atoms. The number of nitrogens with zero attached hydrogens (tertiary/aromatic N) is 3. The van der Waals surface area contributed by atoms with Crippen LogP contribution in [-0.4, -0.2) is 33.4 Å². The van der Waals surface area contributed by atoms with Crippen LogP contribution in [0.3, 0.4) is 0 Å². The van der Waals surface area contributed by atoms with Crippen LogP contribution in [0.4, 0.5) is 0 Å². The molecule has 4 nitrogen and oxygen atoms in total. The lowest BCUT2D eigenvalue weighted by atomic mass is 10.1. The second-order valence-electron chi connectivity index (χ2n) is 5.23. The van der Waals surface area contributed by atoms with E-state index in [1.165, 1.54) is 11.5 Å². The molecule has 0 atom stereocenters. The summed E-state index contributed by atoms with van der Waals surface area (Å²) in [6.07, 6.45) is 0. The van der Waals surface area contributed by atoms with E-state index in [1.807, 2.05) is 6.92 Å². The van der Waals surface area contributed by atoms with Crippen LogP contribution in [0.25, 0.3) is 0 Å². The maximum absolute atomic E-state index is 8.29. The molecule has 0 saturated carbocycles. The summed E-state index contributed by atoms with van der Waals surface area (Å²) in [5, 5.41) is 12.3. The third-order valence-electron chi connectivity index (χ3n) is 2.35. The Kier molecular flexibility index (Phi) is 5.05. The Morgan fingerprint density at radius 2 is 1.76 bits per heavy atom. The predicted molar refractivity (Wildman–Crippen MR) is 72.7 cm³/mol. The van der Waals surface area contributed by atoms with Crippen molar-refractivity contribution in [2.45, 2.75) is 34.6 Å². The highest BCUT2D eigenvalue weighted by Crippen LogP contribution is 2.15. The van der Waals surface area contributed by atoms with E-state index < -0.39 is 0 Å². The Morgan fingerprint density at radius 3 is 2.12 bits per heavy atom. The first kappa shape index (κ1) is 14.1. The zero-order chi connectivity index (χ0) is 13.0. The van der Waals surface area contributed by atoms with Crippen molar-refractivity contribution in [2.75, 3.05) is 13.1 Å². The third kappa shape index (κ3) is 4.07. The van der Waals surface area contributed by atoms with Crippen LogP contribution in [0, 0.1) is 24.2 Å². The van der Waals surface area contributed by atoms with E-state index in [2.05, 4.69) is 42.2 Å². The van der Waals surface area contributed by atoms with Crippen molar-refractivity contribution >= 4 is 17.4 Å². The van der Waals surface area contributed by atoms with Gasteiger partial charge < -0.3 is 4.90 Å². The van der Waals surface area contributed by atoms with E-state index in [-0.39, 0.29) is 0 Å². The molecule has 0 radical (unpaired) electrons. The first-order valence-electron chi connectivity index (χ1n) is 6.04. The van der Waals surface area contributed by atoms with E-state index in [0.717, 1.165) is 23.7 Å². The number of hydrogen-bond donors (Lipinski definition) is 1. The van der Waals surface area contributed by atoms with Crippen molar-refractivity contribution < 1.29 is 0 Å². The SMILES string of the molecule is Cc1nnsc1C(=N)N(CC(C)C)CC(C)C. The number of nitrogens with one attached hydrogen (secondary N) is 1. The summed E-state index contributed by atoms with van der Waals surface area (Å²) in [5.41, 5.74) is 0.859. The minimum atomic E-state index is 0.551. The Balaban J connectivity index is 2.82. The highest BCUT2D eigenvalue weighted by Gasteiger charge is 2.18. The number of aryl methyl sites for hydroxylation is 1. The molecule has 0 unspecified atom stereocenters. The molecule has 0 fully saturated rings. The summed E-state index contributed by atoms with van der Waals surface area (Å²) >= 11 is 1.31. The van der Waals surface area contributed by atoms with Gasteiger partial charge in [-0.25, -0.2) is 0 Å². The molecule has 1 heterocycles. The number of rotatable bonds is 5. The highest BCUT2D eigenvalue weighted by molar-refractivity contribution is 7.08. The minimum absolute atomic E-state index is 0.551. The molecule has 0 spiro atoms. The number of hydrogen-bond acceptors (Lipinski definition) is 4. The fourth-order valence-electron chi connectivity index (χ4n) is 1.73. The van der Waals surface area contributed by atoms with Gasteiger partial charge in [-0.1, -0.05) is 32.2 Å². The van der Waals surface area contributed by atoms with Gasteiger partial charge in [-0.05, 0) is 30.3 Å². The standard InChI is InChI=1S/C12H22N4S/c1-8(2)6-16(7-9(3)4)12(13)11-10(5)14-15-17-11/h8-9,13H,6-7H2,1-5H3. The zero-order valence-electron chi connectivity index (χ0n) is 11.3. The lowest BCUT2D eigenvalue weighted by Gasteiger charge is -2.28. The Labute approximate surface area is 108 Å². The molecule has 0 aromatic carbocycles. The lowest BCUT2D eigenvalue weighted by molar-refractivity contribution is 0.327. The van der Waals surface area contributed by atoms with Gasteiger partial charge in [0.25, 0.3) is 0 Å². The van der Waals surface area contributed by atoms with Crippen LogP contribution in [0.5, 0.6) is 0 Å². The van der Waals surface area contributed by atoms with E-state index in [0.29, 0.717) is 17.7 Å². The summed E-state index contributed by atoms with van der Waals surface area (Å²) in [6, 6.07) is 0. The Hall–Kier alpha value is -0.970. The predicted octanol–water partition coefficient (Wildman–Crippen LogP) is 2.79. The normalized spacial score (nSPS) is 11.2. The van der Waals surface area contributed by atoms with Gasteiger partial charge in [0.15, 0.2) is 0 Å². The van der Waals surface area contributed by atoms with Crippen molar-refractivity contribution in [1.29, 1.82) is 5.41 Å². The topological polar surface area (TPSA) is 52.9 Å². The Bertz CT molecular complexity index is 360. The molecular weight excluding hydrogens is 232 g/mol. The molecule has 0 aliphatic rings. The molecule has 0 amide bonds. The number of aromatic nitrogens is 2. The van der Waals surface area contributed by atoms with Gasteiger partial charge >= 0.3 is 0 Å². The van der Waals surface area contributed by atoms with Crippen LogP contribution >= 0.6 is 11.5 Å². The molecule has 0 aliphatic heterocycles. The second kappa shape index (κ2) is 6.10. The smallest absolute Gasteiger partial charge is 0.141 e. The van der Waals surface area contributed by atoms with Gasteiger partial charge in [-0.15, -0.1) is 5.10 Å². The van der Waals surface area contributed by atoms with Crippen molar-refractivity contribution in [3.05, 3.63) is 10.6 Å². The third-order valence-corrected chi connectivity index (χ3v) is 3.19. The van der Waals surface area contributed by atoms with Crippen molar-refractivity contribution in [2.24, 2.45) is 11.8 Å². The van der Waals surface area contributed by atoms with Gasteiger partial charge in [-0.3, -0.25) is 5.41 Å². The molecule has 0 aliphatic carbocycles. The van der Waals surface area contributed by atoms with Crippen LogP contribution in [0.1, 0.15) is 38.3 Å². The first-order valence-corrected chi connectivity index (χ1v) is 6.82. The zero-order valence-corrected chi connectivity index (χ0v) is 12.1. The summed E-state index contributed by atoms with van der Waals surface area (Å²) < 4.78 is 3.91. The van der Waals surface area contributed by atoms with Crippen LogP contribution < -0.4 is 0 Å². The molecule has 5 heteroatoms. The summed E-state index contributed by atoms with van der Waals surface area (Å²) in [5.74, 6) is 1.67. The van der Waals surface area contributed by atoms with E-state index in [9.17, 15) is 0 Å². The molecule has 17 heavy (non-hydrogen) atoms.